The molecule has 0 amide bonds. The Morgan fingerprint density at radius 3 is 2.32 bits per heavy atom. The number of ketones is 1. The van der Waals surface area contributed by atoms with Gasteiger partial charge in [0.25, 0.3) is 0 Å². The minimum absolute atomic E-state index is 0.0472. The highest BCUT2D eigenvalue weighted by Crippen LogP contribution is 2.14. The van der Waals surface area contributed by atoms with Crippen molar-refractivity contribution in [1.82, 2.24) is 5.32 Å². The zero-order valence-corrected chi connectivity index (χ0v) is 11.4. The van der Waals surface area contributed by atoms with E-state index in [9.17, 15) is 9.59 Å². The Hall–Kier alpha value is -1.88. The molecule has 0 aromatic heterocycles. The van der Waals surface area contributed by atoms with Crippen LogP contribution in [0.5, 0.6) is 5.75 Å². The molecule has 1 N–H and O–H groups in total. The Labute approximate surface area is 112 Å². The number of benzene rings is 1. The molecular formula is C14H19NO4. The molecule has 5 nitrogen and oxygen atoms in total. The van der Waals surface area contributed by atoms with Crippen molar-refractivity contribution in [1.29, 1.82) is 0 Å². The molecular weight excluding hydrogens is 246 g/mol. The highest BCUT2D eigenvalue weighted by atomic mass is 16.5. The third-order valence-electron chi connectivity index (χ3n) is 2.90. The maximum absolute atomic E-state index is 12.2. The summed E-state index contributed by atoms with van der Waals surface area (Å²) in [5, 5.41) is 2.92. The van der Waals surface area contributed by atoms with Gasteiger partial charge in [-0.15, -0.1) is 0 Å². The smallest absolute Gasteiger partial charge is 0.305 e. The van der Waals surface area contributed by atoms with E-state index in [1.54, 1.807) is 38.4 Å². The van der Waals surface area contributed by atoms with E-state index in [0.717, 1.165) is 0 Å². The van der Waals surface area contributed by atoms with E-state index in [2.05, 4.69) is 10.1 Å². The molecule has 1 aromatic rings. The lowest BCUT2D eigenvalue weighted by Gasteiger charge is -2.14. The molecule has 0 saturated heterocycles. The number of carbonyl (C=O) groups is 2. The Kier molecular flexibility index (Phi) is 6.02. The van der Waals surface area contributed by atoms with Gasteiger partial charge in [0.1, 0.15) is 5.75 Å². The maximum Gasteiger partial charge on any atom is 0.305 e. The van der Waals surface area contributed by atoms with Gasteiger partial charge in [0.05, 0.1) is 20.3 Å². The number of methoxy groups -OCH3 is 2. The van der Waals surface area contributed by atoms with Crippen molar-refractivity contribution >= 4 is 11.8 Å². The third kappa shape index (κ3) is 4.37. The molecule has 0 radical (unpaired) electrons. The predicted molar refractivity (Wildman–Crippen MR) is 71.4 cm³/mol. The van der Waals surface area contributed by atoms with Crippen LogP contribution in [-0.4, -0.2) is 39.1 Å². The van der Waals surface area contributed by atoms with Gasteiger partial charge in [0, 0.05) is 12.0 Å². The Balaban J connectivity index is 2.68. The molecule has 1 atom stereocenters. The summed E-state index contributed by atoms with van der Waals surface area (Å²) in [6.45, 7) is 0. The van der Waals surface area contributed by atoms with Gasteiger partial charge in [0.2, 0.25) is 0 Å². The van der Waals surface area contributed by atoms with Crippen LogP contribution >= 0.6 is 0 Å². The predicted octanol–water partition coefficient (Wildman–Crippen LogP) is 1.42. The van der Waals surface area contributed by atoms with Crippen molar-refractivity contribution in [2.75, 3.05) is 21.3 Å². The summed E-state index contributed by atoms with van der Waals surface area (Å²) in [7, 11) is 4.61. The molecule has 0 saturated carbocycles. The molecule has 0 fully saturated rings. The first-order chi connectivity index (χ1) is 9.12. The van der Waals surface area contributed by atoms with Crippen molar-refractivity contribution in [3.05, 3.63) is 29.8 Å². The minimum Gasteiger partial charge on any atom is -0.497 e. The van der Waals surface area contributed by atoms with Crippen molar-refractivity contribution in [3.8, 4) is 5.75 Å². The molecule has 0 aliphatic heterocycles. The van der Waals surface area contributed by atoms with Crippen LogP contribution in [0, 0.1) is 0 Å². The highest BCUT2D eigenvalue weighted by molar-refractivity contribution is 6.00. The highest BCUT2D eigenvalue weighted by Gasteiger charge is 2.19. The number of hydrogen-bond donors (Lipinski definition) is 1. The van der Waals surface area contributed by atoms with Gasteiger partial charge < -0.3 is 14.8 Å². The maximum atomic E-state index is 12.2. The lowest BCUT2D eigenvalue weighted by molar-refractivity contribution is -0.140. The summed E-state index contributed by atoms with van der Waals surface area (Å²) in [5.74, 6) is 0.337. The zero-order valence-electron chi connectivity index (χ0n) is 11.4. The van der Waals surface area contributed by atoms with E-state index < -0.39 is 6.04 Å². The largest absolute Gasteiger partial charge is 0.497 e. The summed E-state index contributed by atoms with van der Waals surface area (Å²) >= 11 is 0. The first-order valence-electron chi connectivity index (χ1n) is 6.04. The normalized spacial score (nSPS) is 11.7. The van der Waals surface area contributed by atoms with Crippen LogP contribution in [0.3, 0.4) is 0 Å². The lowest BCUT2D eigenvalue weighted by atomic mass is 10.0. The number of nitrogens with one attached hydrogen (secondary N) is 1. The Bertz CT molecular complexity index is 428. The van der Waals surface area contributed by atoms with Crippen LogP contribution in [0.4, 0.5) is 0 Å². The monoisotopic (exact) mass is 265 g/mol. The van der Waals surface area contributed by atoms with Crippen molar-refractivity contribution in [3.63, 3.8) is 0 Å². The summed E-state index contributed by atoms with van der Waals surface area (Å²) < 4.78 is 9.61. The van der Waals surface area contributed by atoms with Gasteiger partial charge in [0.15, 0.2) is 5.78 Å². The molecule has 104 valence electrons. The Morgan fingerprint density at radius 1 is 1.21 bits per heavy atom. The number of likely N-dealkylation sites (N-methyl/N-ethyl adjacent to an activating group) is 1. The van der Waals surface area contributed by atoms with E-state index in [1.165, 1.54) is 7.11 Å². The molecule has 0 bridgehead atoms. The summed E-state index contributed by atoms with van der Waals surface area (Å²) in [5.41, 5.74) is 0.588. The van der Waals surface area contributed by atoms with Crippen LogP contribution in [0.1, 0.15) is 23.2 Å². The standard InChI is InChI=1S/C14H19NO4/c1-15-12(8-9-13(16)19-3)14(17)10-4-6-11(18-2)7-5-10/h4-7,12,15H,8-9H2,1-3H3. The van der Waals surface area contributed by atoms with Crippen LogP contribution in [0.25, 0.3) is 0 Å². The number of rotatable bonds is 7. The lowest BCUT2D eigenvalue weighted by Crippen LogP contribution is -2.34. The quantitative estimate of drug-likeness (QED) is 0.596. The van der Waals surface area contributed by atoms with Crippen LogP contribution in [0.2, 0.25) is 0 Å². The van der Waals surface area contributed by atoms with Crippen molar-refractivity contribution < 1.29 is 19.1 Å². The fraction of sp³-hybridized carbons (Fsp3) is 0.429. The molecule has 5 heteroatoms. The molecule has 19 heavy (non-hydrogen) atoms. The number of ether oxygens (including phenoxy) is 2. The van der Waals surface area contributed by atoms with Gasteiger partial charge in [-0.3, -0.25) is 9.59 Å². The average molecular weight is 265 g/mol. The number of esters is 1. The fourth-order valence-corrected chi connectivity index (χ4v) is 1.73. The average Bonchev–Trinajstić information content (AvgIpc) is 2.47. The number of hydrogen-bond acceptors (Lipinski definition) is 5. The summed E-state index contributed by atoms with van der Waals surface area (Å²) in [6.07, 6.45) is 0.623. The minimum atomic E-state index is -0.396. The van der Waals surface area contributed by atoms with Gasteiger partial charge in [-0.1, -0.05) is 0 Å². The van der Waals surface area contributed by atoms with Gasteiger partial charge in [-0.05, 0) is 37.7 Å². The van der Waals surface area contributed by atoms with E-state index in [-0.39, 0.29) is 18.2 Å². The van der Waals surface area contributed by atoms with E-state index in [1.807, 2.05) is 0 Å². The second-order valence-electron chi connectivity index (χ2n) is 4.05. The second-order valence-corrected chi connectivity index (χ2v) is 4.05. The zero-order chi connectivity index (χ0) is 14.3. The third-order valence-corrected chi connectivity index (χ3v) is 2.90. The SMILES string of the molecule is CNC(CCC(=O)OC)C(=O)c1ccc(OC)cc1. The van der Waals surface area contributed by atoms with E-state index in [4.69, 9.17) is 4.74 Å². The van der Waals surface area contributed by atoms with Crippen LogP contribution in [-0.2, 0) is 9.53 Å². The number of carbonyl (C=O) groups excluding carboxylic acids is 2. The van der Waals surface area contributed by atoms with Gasteiger partial charge >= 0.3 is 5.97 Å². The Morgan fingerprint density at radius 2 is 1.84 bits per heavy atom. The molecule has 0 spiro atoms. The second kappa shape index (κ2) is 7.53. The summed E-state index contributed by atoms with van der Waals surface area (Å²) in [4.78, 5) is 23.3. The van der Waals surface area contributed by atoms with Gasteiger partial charge in [-0.2, -0.15) is 0 Å². The first-order valence-corrected chi connectivity index (χ1v) is 6.04. The molecule has 1 rings (SSSR count). The molecule has 1 aromatic carbocycles. The number of Topliss-reactive ketones (excluding diaryl/α,β-unsaturated/α-hetero) is 1. The molecule has 0 heterocycles. The van der Waals surface area contributed by atoms with Crippen molar-refractivity contribution in [2.24, 2.45) is 0 Å². The molecule has 1 unspecified atom stereocenters. The molecule has 0 aliphatic rings. The topological polar surface area (TPSA) is 64.6 Å². The van der Waals surface area contributed by atoms with Crippen LogP contribution in [0.15, 0.2) is 24.3 Å². The molecule has 0 aliphatic carbocycles. The fourth-order valence-electron chi connectivity index (χ4n) is 1.73. The first kappa shape index (κ1) is 15.2. The van der Waals surface area contributed by atoms with Gasteiger partial charge in [-0.25, -0.2) is 0 Å². The van der Waals surface area contributed by atoms with Crippen LogP contribution < -0.4 is 10.1 Å². The van der Waals surface area contributed by atoms with E-state index in [0.29, 0.717) is 17.7 Å². The van der Waals surface area contributed by atoms with E-state index >= 15 is 0 Å². The van der Waals surface area contributed by atoms with Crippen molar-refractivity contribution in [2.45, 2.75) is 18.9 Å². The summed E-state index contributed by atoms with van der Waals surface area (Å²) in [6, 6.07) is 6.50.